The Morgan fingerprint density at radius 3 is 2.50 bits per heavy atom. The third-order valence-electron chi connectivity index (χ3n) is 1.51. The van der Waals surface area contributed by atoms with E-state index in [0.717, 1.165) is 11.3 Å². The van der Waals surface area contributed by atoms with E-state index in [1.807, 2.05) is 18.2 Å². The molecule has 0 unspecified atom stereocenters. The van der Waals surface area contributed by atoms with Crippen LogP contribution in [0.5, 0.6) is 0 Å². The quantitative estimate of drug-likeness (QED) is 0.625. The summed E-state index contributed by atoms with van der Waals surface area (Å²) in [7, 11) is 0. The van der Waals surface area contributed by atoms with Crippen LogP contribution in [0.1, 0.15) is 0 Å². The number of rotatable bonds is 1. The van der Waals surface area contributed by atoms with Gasteiger partial charge in [-0.25, -0.2) is 9.97 Å². The van der Waals surface area contributed by atoms with E-state index >= 15 is 0 Å². The fourth-order valence-corrected chi connectivity index (χ4v) is 0.945. The molecule has 0 aliphatic carbocycles. The van der Waals surface area contributed by atoms with Crippen molar-refractivity contribution >= 4 is 0 Å². The topological polar surface area (TPSA) is 38.7 Å². The minimum atomic E-state index is 0.868. The fourth-order valence-electron chi connectivity index (χ4n) is 0.945. The van der Waals surface area contributed by atoms with Crippen LogP contribution in [-0.2, 0) is 0 Å². The van der Waals surface area contributed by atoms with Crippen molar-refractivity contribution in [3.63, 3.8) is 0 Å². The highest BCUT2D eigenvalue weighted by atomic mass is 14.8. The Hall–Kier alpha value is -1.77. The fraction of sp³-hybridized carbons (Fsp3) is 0. The van der Waals surface area contributed by atoms with Gasteiger partial charge in [-0.05, 0) is 18.2 Å². The summed E-state index contributed by atoms with van der Waals surface area (Å²) in [4.78, 5) is 11.6. The van der Waals surface area contributed by atoms with Crippen LogP contribution in [0.3, 0.4) is 0 Å². The highest BCUT2D eigenvalue weighted by molar-refractivity contribution is 5.56. The van der Waals surface area contributed by atoms with Gasteiger partial charge in [0, 0.05) is 24.2 Å². The molecule has 3 heteroatoms. The Balaban J connectivity index is 2.46. The lowest BCUT2D eigenvalue weighted by Crippen LogP contribution is -1.83. The summed E-state index contributed by atoms with van der Waals surface area (Å²) in [5.41, 5.74) is 1.90. The summed E-state index contributed by atoms with van der Waals surface area (Å²) >= 11 is 0. The molecule has 0 saturated heterocycles. The molecule has 0 spiro atoms. The zero-order valence-electron chi connectivity index (χ0n) is 6.31. The lowest BCUT2D eigenvalue weighted by Gasteiger charge is -1.96. The highest BCUT2D eigenvalue weighted by Crippen LogP contribution is 2.12. The second-order valence-corrected chi connectivity index (χ2v) is 2.28. The van der Waals surface area contributed by atoms with Crippen molar-refractivity contribution in [2.75, 3.05) is 0 Å². The van der Waals surface area contributed by atoms with Gasteiger partial charge in [0.2, 0.25) is 0 Å². The summed E-state index contributed by atoms with van der Waals surface area (Å²) in [6.45, 7) is 0. The maximum atomic E-state index is 3.99. The number of aromatic nitrogens is 3. The zero-order chi connectivity index (χ0) is 8.23. The standard InChI is InChI=1S/C9H6N3/c1-4-10-5-2-8(1)9-3-6-11-7-12-9/h1-6H. The van der Waals surface area contributed by atoms with Crippen LogP contribution in [-0.4, -0.2) is 15.0 Å². The molecule has 0 atom stereocenters. The van der Waals surface area contributed by atoms with E-state index in [9.17, 15) is 0 Å². The van der Waals surface area contributed by atoms with Crippen LogP contribution < -0.4 is 0 Å². The average molecular weight is 156 g/mol. The third kappa shape index (κ3) is 1.29. The third-order valence-corrected chi connectivity index (χ3v) is 1.51. The average Bonchev–Trinajstić information content (AvgIpc) is 2.21. The number of nitrogens with zero attached hydrogens (tertiary/aromatic N) is 3. The van der Waals surface area contributed by atoms with E-state index in [0.29, 0.717) is 0 Å². The summed E-state index contributed by atoms with van der Waals surface area (Å²) in [6, 6.07) is 5.64. The van der Waals surface area contributed by atoms with Crippen LogP contribution in [0.25, 0.3) is 11.3 Å². The van der Waals surface area contributed by atoms with Gasteiger partial charge in [-0.1, -0.05) is 0 Å². The molecule has 0 aliphatic rings. The van der Waals surface area contributed by atoms with Crippen molar-refractivity contribution in [3.8, 4) is 11.3 Å². The molecule has 1 radical (unpaired) electrons. The molecular formula is C9H6N3. The maximum Gasteiger partial charge on any atom is 0.198 e. The monoisotopic (exact) mass is 156 g/mol. The van der Waals surface area contributed by atoms with Crippen LogP contribution >= 0.6 is 0 Å². The second kappa shape index (κ2) is 3.09. The predicted octanol–water partition coefficient (Wildman–Crippen LogP) is 1.34. The van der Waals surface area contributed by atoms with E-state index in [1.165, 1.54) is 0 Å². The van der Waals surface area contributed by atoms with Gasteiger partial charge < -0.3 is 0 Å². The highest BCUT2D eigenvalue weighted by Gasteiger charge is 1.95. The normalized spacial score (nSPS) is 9.67. The molecule has 0 amide bonds. The number of pyridine rings is 1. The van der Waals surface area contributed by atoms with E-state index in [2.05, 4.69) is 21.3 Å². The molecule has 0 N–H and O–H groups in total. The van der Waals surface area contributed by atoms with E-state index < -0.39 is 0 Å². The van der Waals surface area contributed by atoms with Gasteiger partial charge in [0.25, 0.3) is 0 Å². The van der Waals surface area contributed by atoms with Gasteiger partial charge in [-0.15, -0.1) is 0 Å². The Morgan fingerprint density at radius 1 is 1.00 bits per heavy atom. The van der Waals surface area contributed by atoms with Crippen molar-refractivity contribution in [3.05, 3.63) is 43.1 Å². The Kier molecular flexibility index (Phi) is 1.78. The van der Waals surface area contributed by atoms with Crippen molar-refractivity contribution in [1.29, 1.82) is 0 Å². The summed E-state index contributed by atoms with van der Waals surface area (Å²) in [6.07, 6.45) is 7.68. The Morgan fingerprint density at radius 2 is 1.83 bits per heavy atom. The van der Waals surface area contributed by atoms with Crippen molar-refractivity contribution in [1.82, 2.24) is 15.0 Å². The van der Waals surface area contributed by atoms with Crippen molar-refractivity contribution in [2.45, 2.75) is 0 Å². The molecule has 2 heterocycles. The molecule has 12 heavy (non-hydrogen) atoms. The SMILES string of the molecule is [c]1nccc(-c2ccncc2)n1. The molecule has 0 bridgehead atoms. The van der Waals surface area contributed by atoms with Gasteiger partial charge in [0.05, 0.1) is 5.69 Å². The van der Waals surface area contributed by atoms with E-state index in [-0.39, 0.29) is 0 Å². The molecule has 0 saturated carbocycles. The van der Waals surface area contributed by atoms with Gasteiger partial charge in [0.1, 0.15) is 0 Å². The van der Waals surface area contributed by atoms with Crippen molar-refractivity contribution < 1.29 is 0 Å². The molecular weight excluding hydrogens is 150 g/mol. The predicted molar refractivity (Wildman–Crippen MR) is 44.1 cm³/mol. The van der Waals surface area contributed by atoms with Gasteiger partial charge >= 0.3 is 0 Å². The molecule has 2 rings (SSSR count). The summed E-state index contributed by atoms with van der Waals surface area (Å²) in [5, 5.41) is 0. The molecule has 57 valence electrons. The molecule has 3 nitrogen and oxygen atoms in total. The first-order valence-corrected chi connectivity index (χ1v) is 3.56. The molecule has 0 aromatic carbocycles. The smallest absolute Gasteiger partial charge is 0.198 e. The summed E-state index contributed by atoms with van der Waals surface area (Å²) in [5.74, 6) is 0. The van der Waals surface area contributed by atoms with Crippen LogP contribution in [0.4, 0.5) is 0 Å². The van der Waals surface area contributed by atoms with Crippen LogP contribution in [0.2, 0.25) is 0 Å². The van der Waals surface area contributed by atoms with Gasteiger partial charge in [-0.3, -0.25) is 4.98 Å². The minimum absolute atomic E-state index is 0.868. The largest absolute Gasteiger partial charge is 0.265 e. The number of hydrogen-bond donors (Lipinski definition) is 0. The maximum absolute atomic E-state index is 3.99. The zero-order valence-corrected chi connectivity index (χ0v) is 6.31. The first-order chi connectivity index (χ1) is 5.97. The first kappa shape index (κ1) is 6.91. The molecule has 0 fully saturated rings. The van der Waals surface area contributed by atoms with E-state index in [1.54, 1.807) is 18.6 Å². The van der Waals surface area contributed by atoms with Crippen LogP contribution in [0, 0.1) is 6.33 Å². The minimum Gasteiger partial charge on any atom is -0.265 e. The number of hydrogen-bond acceptors (Lipinski definition) is 3. The van der Waals surface area contributed by atoms with Gasteiger partial charge in [-0.2, -0.15) is 0 Å². The lowest BCUT2D eigenvalue weighted by atomic mass is 10.2. The van der Waals surface area contributed by atoms with Crippen LogP contribution in [0.15, 0.2) is 36.8 Å². The van der Waals surface area contributed by atoms with Gasteiger partial charge in [0.15, 0.2) is 6.33 Å². The first-order valence-electron chi connectivity index (χ1n) is 3.56. The Bertz CT molecular complexity index is 307. The Labute approximate surface area is 70.1 Å². The second-order valence-electron chi connectivity index (χ2n) is 2.28. The van der Waals surface area contributed by atoms with E-state index in [4.69, 9.17) is 0 Å². The molecule has 2 aromatic rings. The molecule has 2 aromatic heterocycles. The lowest BCUT2D eigenvalue weighted by molar-refractivity contribution is 1.15. The molecule has 0 aliphatic heterocycles. The summed E-state index contributed by atoms with van der Waals surface area (Å²) < 4.78 is 0. The van der Waals surface area contributed by atoms with Crippen molar-refractivity contribution in [2.24, 2.45) is 0 Å².